The van der Waals surface area contributed by atoms with Gasteiger partial charge >= 0.3 is 0 Å². The summed E-state index contributed by atoms with van der Waals surface area (Å²) in [6, 6.07) is 3.97. The minimum Gasteiger partial charge on any atom is -0.316 e. The van der Waals surface area contributed by atoms with E-state index in [2.05, 4.69) is 12.2 Å². The van der Waals surface area contributed by atoms with E-state index in [0.29, 0.717) is 5.78 Å². The van der Waals surface area contributed by atoms with E-state index in [9.17, 15) is 4.79 Å². The summed E-state index contributed by atoms with van der Waals surface area (Å²) in [5.74, 6) is 0.306. The standard InChI is InChI=1S/C11H15NOS/c1-8-3-4-9(14-8)10(13)11(2)5-6-12-7-11/h3-4,12H,5-7H2,1-2H3. The number of aryl methyl sites for hydroxylation is 1. The van der Waals surface area contributed by atoms with Crippen LogP contribution in [0, 0.1) is 12.3 Å². The lowest BCUT2D eigenvalue weighted by Gasteiger charge is -2.19. The van der Waals surface area contributed by atoms with E-state index in [4.69, 9.17) is 0 Å². The highest BCUT2D eigenvalue weighted by atomic mass is 32.1. The lowest BCUT2D eigenvalue weighted by molar-refractivity contribution is 0.0844. The molecule has 0 aromatic carbocycles. The fourth-order valence-electron chi connectivity index (χ4n) is 1.86. The van der Waals surface area contributed by atoms with Crippen LogP contribution in [0.15, 0.2) is 12.1 Å². The van der Waals surface area contributed by atoms with Crippen LogP contribution in [0.1, 0.15) is 27.9 Å². The Hall–Kier alpha value is -0.670. The van der Waals surface area contributed by atoms with Crippen LogP contribution in [0.25, 0.3) is 0 Å². The van der Waals surface area contributed by atoms with Gasteiger partial charge < -0.3 is 5.32 Å². The summed E-state index contributed by atoms with van der Waals surface area (Å²) in [7, 11) is 0. The van der Waals surface area contributed by atoms with Gasteiger partial charge in [-0.3, -0.25) is 4.79 Å². The molecule has 0 aliphatic carbocycles. The smallest absolute Gasteiger partial charge is 0.179 e. The molecular weight excluding hydrogens is 194 g/mol. The van der Waals surface area contributed by atoms with Gasteiger partial charge in [-0.1, -0.05) is 6.92 Å². The predicted molar refractivity (Wildman–Crippen MR) is 59.0 cm³/mol. The van der Waals surface area contributed by atoms with Gasteiger partial charge in [-0.25, -0.2) is 0 Å². The lowest BCUT2D eigenvalue weighted by atomic mass is 9.84. The summed E-state index contributed by atoms with van der Waals surface area (Å²) in [5.41, 5.74) is -0.169. The Morgan fingerprint density at radius 1 is 1.57 bits per heavy atom. The van der Waals surface area contributed by atoms with Gasteiger partial charge in [0.15, 0.2) is 5.78 Å². The molecule has 76 valence electrons. The van der Waals surface area contributed by atoms with Gasteiger partial charge in [0.25, 0.3) is 0 Å². The maximum atomic E-state index is 12.2. The third-order valence-electron chi connectivity index (χ3n) is 2.88. The molecular formula is C11H15NOS. The number of thiophene rings is 1. The number of carbonyl (C=O) groups excluding carboxylic acids is 1. The second-order valence-corrected chi connectivity index (χ2v) is 5.51. The molecule has 2 rings (SSSR count). The number of nitrogens with one attached hydrogen (secondary N) is 1. The molecule has 0 spiro atoms. The summed E-state index contributed by atoms with van der Waals surface area (Å²) in [6.07, 6.45) is 0.961. The third kappa shape index (κ3) is 1.62. The van der Waals surface area contributed by atoms with Crippen molar-refractivity contribution in [3.63, 3.8) is 0 Å². The van der Waals surface area contributed by atoms with Crippen LogP contribution in [0.4, 0.5) is 0 Å². The van der Waals surface area contributed by atoms with Crippen LogP contribution in [0.3, 0.4) is 0 Å². The lowest BCUT2D eigenvalue weighted by Crippen LogP contribution is -2.29. The molecule has 0 saturated carbocycles. The van der Waals surface area contributed by atoms with Crippen LogP contribution in [0.2, 0.25) is 0 Å². The molecule has 3 heteroatoms. The number of Topliss-reactive ketones (excluding diaryl/α,β-unsaturated/α-hetero) is 1. The van der Waals surface area contributed by atoms with Crippen LogP contribution in [0.5, 0.6) is 0 Å². The maximum absolute atomic E-state index is 12.2. The zero-order chi connectivity index (χ0) is 10.2. The van der Waals surface area contributed by atoms with Gasteiger partial charge in [0.1, 0.15) is 0 Å². The molecule has 1 saturated heterocycles. The summed E-state index contributed by atoms with van der Waals surface area (Å²) in [5, 5.41) is 3.25. The van der Waals surface area contributed by atoms with Crippen molar-refractivity contribution in [2.24, 2.45) is 5.41 Å². The highest BCUT2D eigenvalue weighted by molar-refractivity contribution is 7.14. The molecule has 1 unspecified atom stereocenters. The number of ketones is 1. The molecule has 1 N–H and O–H groups in total. The third-order valence-corrected chi connectivity index (χ3v) is 3.88. The zero-order valence-corrected chi connectivity index (χ0v) is 9.41. The Balaban J connectivity index is 2.23. The van der Waals surface area contributed by atoms with Gasteiger partial charge in [0.2, 0.25) is 0 Å². The van der Waals surface area contributed by atoms with Crippen LogP contribution >= 0.6 is 11.3 Å². The van der Waals surface area contributed by atoms with Crippen molar-refractivity contribution in [1.29, 1.82) is 0 Å². The average molecular weight is 209 g/mol. The number of hydrogen-bond acceptors (Lipinski definition) is 3. The van der Waals surface area contributed by atoms with Gasteiger partial charge in [-0.2, -0.15) is 0 Å². The molecule has 14 heavy (non-hydrogen) atoms. The minimum atomic E-state index is -0.169. The van der Waals surface area contributed by atoms with E-state index < -0.39 is 0 Å². The van der Waals surface area contributed by atoms with E-state index in [1.165, 1.54) is 4.88 Å². The average Bonchev–Trinajstić information content (AvgIpc) is 2.74. The Morgan fingerprint density at radius 2 is 2.36 bits per heavy atom. The van der Waals surface area contributed by atoms with Crippen LogP contribution < -0.4 is 5.32 Å². The Bertz CT molecular complexity index is 350. The highest BCUT2D eigenvalue weighted by Crippen LogP contribution is 2.31. The number of hydrogen-bond donors (Lipinski definition) is 1. The topological polar surface area (TPSA) is 29.1 Å². The van der Waals surface area contributed by atoms with Crippen molar-refractivity contribution < 1.29 is 4.79 Å². The largest absolute Gasteiger partial charge is 0.316 e. The molecule has 0 amide bonds. The van der Waals surface area contributed by atoms with Crippen LogP contribution in [-0.4, -0.2) is 18.9 Å². The van der Waals surface area contributed by atoms with Gasteiger partial charge in [-0.15, -0.1) is 11.3 Å². The van der Waals surface area contributed by atoms with Crippen molar-refractivity contribution in [2.45, 2.75) is 20.3 Å². The first-order chi connectivity index (χ1) is 6.62. The number of carbonyl (C=O) groups is 1. The molecule has 1 aromatic heterocycles. The molecule has 1 fully saturated rings. The van der Waals surface area contributed by atoms with Gasteiger partial charge in [0, 0.05) is 16.8 Å². The molecule has 0 radical (unpaired) electrons. The monoisotopic (exact) mass is 209 g/mol. The molecule has 1 aliphatic rings. The molecule has 1 aliphatic heterocycles. The zero-order valence-electron chi connectivity index (χ0n) is 8.59. The van der Waals surface area contributed by atoms with Crippen molar-refractivity contribution in [1.82, 2.24) is 5.32 Å². The van der Waals surface area contributed by atoms with Gasteiger partial charge in [-0.05, 0) is 32.0 Å². The summed E-state index contributed by atoms with van der Waals surface area (Å²) in [4.78, 5) is 14.3. The molecule has 1 aromatic rings. The summed E-state index contributed by atoms with van der Waals surface area (Å²) in [6.45, 7) is 5.89. The summed E-state index contributed by atoms with van der Waals surface area (Å²) < 4.78 is 0. The SMILES string of the molecule is Cc1ccc(C(=O)C2(C)CCNC2)s1. The minimum absolute atomic E-state index is 0.169. The van der Waals surface area contributed by atoms with E-state index in [1.54, 1.807) is 11.3 Å². The fourth-order valence-corrected chi connectivity index (χ4v) is 2.82. The normalized spacial score (nSPS) is 26.7. The Labute approximate surface area is 88.3 Å². The van der Waals surface area contributed by atoms with E-state index >= 15 is 0 Å². The highest BCUT2D eigenvalue weighted by Gasteiger charge is 2.37. The Kier molecular flexibility index (Phi) is 2.45. The van der Waals surface area contributed by atoms with Crippen molar-refractivity contribution in [3.8, 4) is 0 Å². The van der Waals surface area contributed by atoms with E-state index in [-0.39, 0.29) is 5.41 Å². The molecule has 0 bridgehead atoms. The van der Waals surface area contributed by atoms with Gasteiger partial charge in [0.05, 0.1) is 4.88 Å². The fraction of sp³-hybridized carbons (Fsp3) is 0.545. The summed E-state index contributed by atoms with van der Waals surface area (Å²) >= 11 is 1.60. The molecule has 1 atom stereocenters. The first kappa shape index (κ1) is 9.87. The second-order valence-electron chi connectivity index (χ2n) is 4.23. The van der Waals surface area contributed by atoms with Crippen molar-refractivity contribution in [2.75, 3.05) is 13.1 Å². The van der Waals surface area contributed by atoms with Crippen molar-refractivity contribution in [3.05, 3.63) is 21.9 Å². The maximum Gasteiger partial charge on any atom is 0.179 e. The van der Waals surface area contributed by atoms with Crippen molar-refractivity contribution >= 4 is 17.1 Å². The molecule has 2 nitrogen and oxygen atoms in total. The Morgan fingerprint density at radius 3 is 2.86 bits per heavy atom. The van der Waals surface area contributed by atoms with Crippen LogP contribution in [-0.2, 0) is 0 Å². The van der Waals surface area contributed by atoms with E-state index in [0.717, 1.165) is 24.4 Å². The molecule has 2 heterocycles. The number of rotatable bonds is 2. The second kappa shape index (κ2) is 3.48. The predicted octanol–water partition coefficient (Wildman–Crippen LogP) is 2.24. The first-order valence-electron chi connectivity index (χ1n) is 4.94. The van der Waals surface area contributed by atoms with E-state index in [1.807, 2.05) is 19.1 Å². The first-order valence-corrected chi connectivity index (χ1v) is 5.75. The quantitative estimate of drug-likeness (QED) is 0.757.